The van der Waals surface area contributed by atoms with Gasteiger partial charge in [0.1, 0.15) is 0 Å². The van der Waals surface area contributed by atoms with E-state index in [0.29, 0.717) is 24.3 Å². The minimum atomic E-state index is -3.25. The number of halogens is 1. The van der Waals surface area contributed by atoms with Gasteiger partial charge in [-0.3, -0.25) is 0 Å². The summed E-state index contributed by atoms with van der Waals surface area (Å²) in [5.74, 6) is 0. The zero-order valence-corrected chi connectivity index (χ0v) is 11.6. The van der Waals surface area contributed by atoms with E-state index >= 15 is 0 Å². The average molecular weight is 306 g/mol. The molecule has 0 bridgehead atoms. The van der Waals surface area contributed by atoms with E-state index in [-0.39, 0.29) is 5.25 Å². The van der Waals surface area contributed by atoms with Crippen molar-refractivity contribution in [2.75, 3.05) is 6.54 Å². The van der Waals surface area contributed by atoms with Crippen LogP contribution in [0.25, 0.3) is 0 Å². The van der Waals surface area contributed by atoms with Crippen LogP contribution < -0.4 is 5.73 Å². The van der Waals surface area contributed by atoms with Crippen molar-refractivity contribution in [3.8, 4) is 0 Å². The van der Waals surface area contributed by atoms with Crippen molar-refractivity contribution in [1.29, 1.82) is 0 Å². The van der Waals surface area contributed by atoms with E-state index in [9.17, 15) is 8.42 Å². The predicted octanol–water partition coefficient (Wildman–Crippen LogP) is 2.35. The topological polar surface area (TPSA) is 60.2 Å². The van der Waals surface area contributed by atoms with Crippen LogP contribution in [0, 0.1) is 0 Å². The fraction of sp³-hybridized carbons (Fsp3) is 0.455. The maximum absolute atomic E-state index is 12.2. The van der Waals surface area contributed by atoms with Gasteiger partial charge in [-0.2, -0.15) is 0 Å². The first-order chi connectivity index (χ1) is 7.52. The van der Waals surface area contributed by atoms with E-state index in [1.807, 2.05) is 13.0 Å². The second-order valence-electron chi connectivity index (χ2n) is 3.61. The summed E-state index contributed by atoms with van der Waals surface area (Å²) in [5, 5.41) is -0.383. The van der Waals surface area contributed by atoms with E-state index in [2.05, 4.69) is 15.9 Å². The van der Waals surface area contributed by atoms with Gasteiger partial charge in [-0.1, -0.05) is 28.9 Å². The second kappa shape index (κ2) is 5.80. The highest BCUT2D eigenvalue weighted by Crippen LogP contribution is 2.23. The Bertz CT molecular complexity index is 445. The summed E-state index contributed by atoms with van der Waals surface area (Å²) >= 11 is 3.28. The molecule has 1 rings (SSSR count). The van der Waals surface area contributed by atoms with Crippen LogP contribution in [0.3, 0.4) is 0 Å². The molecule has 0 aliphatic heterocycles. The smallest absolute Gasteiger partial charge is 0.181 e. The fourth-order valence-corrected chi connectivity index (χ4v) is 3.98. The normalized spacial score (nSPS) is 13.7. The van der Waals surface area contributed by atoms with Crippen molar-refractivity contribution in [2.24, 2.45) is 5.73 Å². The van der Waals surface area contributed by atoms with Gasteiger partial charge >= 0.3 is 0 Å². The van der Waals surface area contributed by atoms with Crippen molar-refractivity contribution in [3.05, 3.63) is 28.7 Å². The zero-order valence-electron chi connectivity index (χ0n) is 9.19. The van der Waals surface area contributed by atoms with Gasteiger partial charge in [-0.25, -0.2) is 8.42 Å². The van der Waals surface area contributed by atoms with Crippen molar-refractivity contribution in [1.82, 2.24) is 0 Å². The molecule has 1 aromatic carbocycles. The lowest BCUT2D eigenvalue weighted by Gasteiger charge is -2.15. The Kier molecular flexibility index (Phi) is 4.95. The standard InChI is InChI=1S/C11H16BrNO2S/c1-2-10(6-7-13)16(14,15)11-5-3-4-9(12)8-11/h3-5,8,10H,2,6-7,13H2,1H3. The number of benzene rings is 1. The monoisotopic (exact) mass is 305 g/mol. The molecule has 1 atom stereocenters. The van der Waals surface area contributed by atoms with Crippen LogP contribution in [-0.4, -0.2) is 20.2 Å². The lowest BCUT2D eigenvalue weighted by molar-refractivity contribution is 0.567. The van der Waals surface area contributed by atoms with Crippen molar-refractivity contribution < 1.29 is 8.42 Å². The Morgan fingerprint density at radius 3 is 2.62 bits per heavy atom. The van der Waals surface area contributed by atoms with E-state index < -0.39 is 9.84 Å². The van der Waals surface area contributed by atoms with Crippen LogP contribution in [0.15, 0.2) is 33.6 Å². The summed E-state index contributed by atoms with van der Waals surface area (Å²) in [5.41, 5.74) is 5.44. The molecular weight excluding hydrogens is 290 g/mol. The Hall–Kier alpha value is -0.390. The molecule has 90 valence electrons. The highest BCUT2D eigenvalue weighted by Gasteiger charge is 2.25. The van der Waals surface area contributed by atoms with E-state index in [4.69, 9.17) is 5.73 Å². The van der Waals surface area contributed by atoms with Crippen molar-refractivity contribution >= 4 is 25.8 Å². The molecule has 0 saturated heterocycles. The maximum Gasteiger partial charge on any atom is 0.181 e. The first kappa shape index (κ1) is 13.7. The van der Waals surface area contributed by atoms with Gasteiger partial charge in [0.2, 0.25) is 0 Å². The van der Waals surface area contributed by atoms with Gasteiger partial charge in [-0.05, 0) is 37.6 Å². The third-order valence-electron chi connectivity index (χ3n) is 2.51. The van der Waals surface area contributed by atoms with Crippen LogP contribution in [0.5, 0.6) is 0 Å². The molecule has 2 N–H and O–H groups in total. The summed E-state index contributed by atoms with van der Waals surface area (Å²) in [6, 6.07) is 6.79. The molecule has 0 saturated carbocycles. The Labute approximate surface area is 105 Å². The third kappa shape index (κ3) is 3.06. The second-order valence-corrected chi connectivity index (χ2v) is 6.75. The summed E-state index contributed by atoms with van der Waals surface area (Å²) in [7, 11) is -3.25. The molecule has 0 spiro atoms. The minimum absolute atomic E-state index is 0.363. The van der Waals surface area contributed by atoms with Crippen LogP contribution in [0.4, 0.5) is 0 Å². The molecule has 16 heavy (non-hydrogen) atoms. The molecule has 1 aromatic rings. The van der Waals surface area contributed by atoms with Crippen LogP contribution in [0.2, 0.25) is 0 Å². The Balaban J connectivity index is 3.09. The zero-order chi connectivity index (χ0) is 12.2. The molecule has 0 aromatic heterocycles. The summed E-state index contributed by atoms with van der Waals surface area (Å²) < 4.78 is 25.2. The number of hydrogen-bond donors (Lipinski definition) is 1. The first-order valence-electron chi connectivity index (χ1n) is 5.22. The summed E-state index contributed by atoms with van der Waals surface area (Å²) in [4.78, 5) is 0.363. The van der Waals surface area contributed by atoms with Gasteiger partial charge in [0.25, 0.3) is 0 Å². The van der Waals surface area contributed by atoms with E-state index in [0.717, 1.165) is 4.47 Å². The molecule has 0 heterocycles. The first-order valence-corrected chi connectivity index (χ1v) is 7.55. The minimum Gasteiger partial charge on any atom is -0.330 e. The third-order valence-corrected chi connectivity index (χ3v) is 5.36. The van der Waals surface area contributed by atoms with E-state index in [1.54, 1.807) is 18.2 Å². The molecule has 0 aliphatic rings. The number of sulfone groups is 1. The number of nitrogens with two attached hydrogens (primary N) is 1. The van der Waals surface area contributed by atoms with Gasteiger partial charge in [0, 0.05) is 4.47 Å². The fourth-order valence-electron chi connectivity index (χ4n) is 1.60. The largest absolute Gasteiger partial charge is 0.330 e. The van der Waals surface area contributed by atoms with Crippen molar-refractivity contribution in [2.45, 2.75) is 29.9 Å². The van der Waals surface area contributed by atoms with E-state index in [1.165, 1.54) is 0 Å². The number of hydrogen-bond acceptors (Lipinski definition) is 3. The van der Waals surface area contributed by atoms with Gasteiger partial charge in [0.15, 0.2) is 9.84 Å². The lowest BCUT2D eigenvalue weighted by Crippen LogP contribution is -2.23. The summed E-state index contributed by atoms with van der Waals surface area (Å²) in [6.45, 7) is 2.27. The lowest BCUT2D eigenvalue weighted by atomic mass is 10.2. The van der Waals surface area contributed by atoms with Crippen LogP contribution in [0.1, 0.15) is 19.8 Å². The predicted molar refractivity (Wildman–Crippen MR) is 69.1 cm³/mol. The molecule has 0 aliphatic carbocycles. The number of rotatable bonds is 5. The SMILES string of the molecule is CCC(CCN)S(=O)(=O)c1cccc(Br)c1. The Morgan fingerprint density at radius 2 is 2.12 bits per heavy atom. The average Bonchev–Trinajstić information content (AvgIpc) is 2.25. The quantitative estimate of drug-likeness (QED) is 0.908. The molecule has 5 heteroatoms. The molecule has 0 radical (unpaired) electrons. The molecule has 0 amide bonds. The highest BCUT2D eigenvalue weighted by molar-refractivity contribution is 9.10. The molecular formula is C11H16BrNO2S. The highest BCUT2D eigenvalue weighted by atomic mass is 79.9. The Morgan fingerprint density at radius 1 is 1.44 bits per heavy atom. The maximum atomic E-state index is 12.2. The van der Waals surface area contributed by atoms with Gasteiger partial charge in [0.05, 0.1) is 10.1 Å². The van der Waals surface area contributed by atoms with Gasteiger partial charge in [-0.15, -0.1) is 0 Å². The molecule has 1 unspecified atom stereocenters. The molecule has 3 nitrogen and oxygen atoms in total. The summed E-state index contributed by atoms with van der Waals surface area (Å²) in [6.07, 6.45) is 1.09. The van der Waals surface area contributed by atoms with Crippen LogP contribution >= 0.6 is 15.9 Å². The van der Waals surface area contributed by atoms with Crippen molar-refractivity contribution in [3.63, 3.8) is 0 Å². The van der Waals surface area contributed by atoms with Crippen LogP contribution in [-0.2, 0) is 9.84 Å². The van der Waals surface area contributed by atoms with Gasteiger partial charge < -0.3 is 5.73 Å². The molecule has 0 fully saturated rings.